The van der Waals surface area contributed by atoms with Gasteiger partial charge in [-0.25, -0.2) is 4.98 Å². The van der Waals surface area contributed by atoms with Crippen LogP contribution in [-0.2, 0) is 4.79 Å². The molecular formula is C22H25N3O3. The lowest BCUT2D eigenvalue weighted by Gasteiger charge is -2.44. The van der Waals surface area contributed by atoms with Gasteiger partial charge in [0.2, 0.25) is 5.88 Å². The summed E-state index contributed by atoms with van der Waals surface area (Å²) < 4.78 is 5.15. The zero-order chi connectivity index (χ0) is 19.7. The Kier molecular flexibility index (Phi) is 4.79. The maximum absolute atomic E-state index is 13.6. The zero-order valence-corrected chi connectivity index (χ0v) is 16.4. The number of pyridine rings is 1. The van der Waals surface area contributed by atoms with Crippen LogP contribution in [0.15, 0.2) is 42.6 Å². The number of piperidine rings is 1. The third kappa shape index (κ3) is 3.03. The van der Waals surface area contributed by atoms with E-state index in [1.54, 1.807) is 23.2 Å². The van der Waals surface area contributed by atoms with Gasteiger partial charge in [0.15, 0.2) is 0 Å². The molecule has 2 aliphatic heterocycles. The van der Waals surface area contributed by atoms with Crippen molar-refractivity contribution in [1.29, 1.82) is 0 Å². The number of aryl methyl sites for hydroxylation is 1. The van der Waals surface area contributed by atoms with Crippen molar-refractivity contribution in [3.05, 3.63) is 53.7 Å². The maximum Gasteiger partial charge on any atom is 0.255 e. The molecule has 2 amide bonds. The molecule has 2 fully saturated rings. The SMILES string of the molecule is COc1cc(C(=O)N2CCCC23CCCN(c2ccc(C)cc2)C3=O)ccn1. The van der Waals surface area contributed by atoms with E-state index in [0.29, 0.717) is 37.4 Å². The number of ether oxygens (including phenoxy) is 1. The normalized spacial score (nSPS) is 22.0. The van der Waals surface area contributed by atoms with E-state index < -0.39 is 5.54 Å². The number of carbonyl (C=O) groups is 2. The van der Waals surface area contributed by atoms with Crippen LogP contribution in [0, 0.1) is 6.92 Å². The Bertz CT molecular complexity index is 896. The summed E-state index contributed by atoms with van der Waals surface area (Å²) in [6.45, 7) is 3.31. The molecule has 1 spiro atoms. The van der Waals surface area contributed by atoms with Gasteiger partial charge in [-0.05, 0) is 50.8 Å². The van der Waals surface area contributed by atoms with Gasteiger partial charge in [0, 0.05) is 36.6 Å². The summed E-state index contributed by atoms with van der Waals surface area (Å²) >= 11 is 0. The van der Waals surface area contributed by atoms with Crippen molar-refractivity contribution in [2.75, 3.05) is 25.1 Å². The highest BCUT2D eigenvalue weighted by Gasteiger charge is 2.53. The first-order chi connectivity index (χ1) is 13.5. The van der Waals surface area contributed by atoms with Gasteiger partial charge in [-0.2, -0.15) is 0 Å². The highest BCUT2D eigenvalue weighted by molar-refractivity contribution is 6.06. The number of aromatic nitrogens is 1. The van der Waals surface area contributed by atoms with E-state index >= 15 is 0 Å². The molecule has 2 aromatic rings. The Labute approximate surface area is 165 Å². The van der Waals surface area contributed by atoms with Crippen LogP contribution in [-0.4, -0.2) is 47.4 Å². The number of hydrogen-bond acceptors (Lipinski definition) is 4. The molecule has 28 heavy (non-hydrogen) atoms. The summed E-state index contributed by atoms with van der Waals surface area (Å²) in [7, 11) is 1.53. The molecule has 1 aromatic carbocycles. The van der Waals surface area contributed by atoms with Crippen LogP contribution < -0.4 is 9.64 Å². The van der Waals surface area contributed by atoms with Crippen molar-refractivity contribution in [2.24, 2.45) is 0 Å². The monoisotopic (exact) mass is 379 g/mol. The van der Waals surface area contributed by atoms with Gasteiger partial charge >= 0.3 is 0 Å². The van der Waals surface area contributed by atoms with Crippen LogP contribution in [0.4, 0.5) is 5.69 Å². The van der Waals surface area contributed by atoms with Crippen LogP contribution in [0.25, 0.3) is 0 Å². The highest BCUT2D eigenvalue weighted by Crippen LogP contribution is 2.40. The standard InChI is InChI=1S/C22H25N3O3/c1-16-5-7-18(8-6-16)24-13-3-10-22(21(24)27)11-4-14-25(22)20(26)17-9-12-23-19(15-17)28-2/h5-9,12,15H,3-4,10-11,13-14H2,1-2H3. The number of anilines is 1. The number of likely N-dealkylation sites (tertiary alicyclic amines) is 1. The minimum Gasteiger partial charge on any atom is -0.481 e. The van der Waals surface area contributed by atoms with Crippen LogP contribution >= 0.6 is 0 Å². The number of hydrogen-bond donors (Lipinski definition) is 0. The molecule has 0 bridgehead atoms. The second-order valence-corrected chi connectivity index (χ2v) is 7.57. The molecule has 4 rings (SSSR count). The Morgan fingerprint density at radius 3 is 2.54 bits per heavy atom. The highest BCUT2D eigenvalue weighted by atomic mass is 16.5. The fraction of sp³-hybridized carbons (Fsp3) is 0.409. The molecule has 6 heteroatoms. The number of rotatable bonds is 3. The maximum atomic E-state index is 13.6. The second kappa shape index (κ2) is 7.26. The molecule has 0 radical (unpaired) electrons. The largest absolute Gasteiger partial charge is 0.481 e. The first-order valence-corrected chi connectivity index (χ1v) is 9.76. The lowest BCUT2D eigenvalue weighted by atomic mass is 9.84. The number of carbonyl (C=O) groups excluding carboxylic acids is 2. The summed E-state index contributed by atoms with van der Waals surface area (Å²) in [6, 6.07) is 11.3. The van der Waals surface area contributed by atoms with Crippen molar-refractivity contribution in [2.45, 2.75) is 38.1 Å². The van der Waals surface area contributed by atoms with Gasteiger partial charge in [-0.15, -0.1) is 0 Å². The molecule has 1 unspecified atom stereocenters. The molecule has 1 aromatic heterocycles. The van der Waals surface area contributed by atoms with Crippen molar-refractivity contribution in [1.82, 2.24) is 9.88 Å². The molecule has 2 aliphatic rings. The lowest BCUT2D eigenvalue weighted by molar-refractivity contribution is -0.130. The molecule has 0 N–H and O–H groups in total. The Hall–Kier alpha value is -2.89. The van der Waals surface area contributed by atoms with Crippen molar-refractivity contribution in [3.8, 4) is 5.88 Å². The number of nitrogens with zero attached hydrogens (tertiary/aromatic N) is 3. The smallest absolute Gasteiger partial charge is 0.255 e. The Morgan fingerprint density at radius 2 is 1.82 bits per heavy atom. The van der Waals surface area contributed by atoms with Crippen molar-refractivity contribution in [3.63, 3.8) is 0 Å². The summed E-state index contributed by atoms with van der Waals surface area (Å²) in [4.78, 5) is 34.6. The van der Waals surface area contributed by atoms with E-state index in [2.05, 4.69) is 4.98 Å². The molecule has 1 atom stereocenters. The van der Waals surface area contributed by atoms with Crippen molar-refractivity contribution < 1.29 is 14.3 Å². The Balaban J connectivity index is 1.65. The number of methoxy groups -OCH3 is 1. The van der Waals surface area contributed by atoms with Gasteiger partial charge < -0.3 is 14.5 Å². The quantitative estimate of drug-likeness (QED) is 0.822. The van der Waals surface area contributed by atoms with E-state index in [-0.39, 0.29) is 11.8 Å². The fourth-order valence-corrected chi connectivity index (χ4v) is 4.43. The summed E-state index contributed by atoms with van der Waals surface area (Å²) in [5, 5.41) is 0. The molecule has 0 saturated carbocycles. The van der Waals surface area contributed by atoms with Gasteiger partial charge in [0.25, 0.3) is 11.8 Å². The summed E-state index contributed by atoms with van der Waals surface area (Å²) in [6.07, 6.45) is 4.70. The Morgan fingerprint density at radius 1 is 1.11 bits per heavy atom. The average molecular weight is 379 g/mol. The predicted octanol–water partition coefficient (Wildman–Crippen LogP) is 3.20. The van der Waals surface area contributed by atoms with Gasteiger partial charge in [-0.3, -0.25) is 9.59 Å². The summed E-state index contributed by atoms with van der Waals surface area (Å²) in [5.41, 5.74) is 1.82. The summed E-state index contributed by atoms with van der Waals surface area (Å²) in [5.74, 6) is 0.308. The van der Waals surface area contributed by atoms with Gasteiger partial charge in [0.1, 0.15) is 5.54 Å². The van der Waals surface area contributed by atoms with Gasteiger partial charge in [0.05, 0.1) is 7.11 Å². The van der Waals surface area contributed by atoms with Crippen LogP contribution in [0.2, 0.25) is 0 Å². The molecular weight excluding hydrogens is 354 g/mol. The number of amides is 2. The minimum absolute atomic E-state index is 0.0366. The van der Waals surface area contributed by atoms with Crippen molar-refractivity contribution >= 4 is 17.5 Å². The van der Waals surface area contributed by atoms with Crippen LogP contribution in [0.1, 0.15) is 41.6 Å². The third-order valence-electron chi connectivity index (χ3n) is 5.89. The topological polar surface area (TPSA) is 62.7 Å². The first-order valence-electron chi connectivity index (χ1n) is 9.76. The van der Waals surface area contributed by atoms with Crippen LogP contribution in [0.5, 0.6) is 5.88 Å². The molecule has 6 nitrogen and oxygen atoms in total. The zero-order valence-electron chi connectivity index (χ0n) is 16.4. The van der Waals surface area contributed by atoms with E-state index in [4.69, 9.17) is 4.74 Å². The predicted molar refractivity (Wildman–Crippen MR) is 107 cm³/mol. The molecule has 3 heterocycles. The van der Waals surface area contributed by atoms with E-state index in [1.165, 1.54) is 7.11 Å². The van der Waals surface area contributed by atoms with E-state index in [0.717, 1.165) is 24.1 Å². The van der Waals surface area contributed by atoms with Gasteiger partial charge in [-0.1, -0.05) is 17.7 Å². The first kappa shape index (κ1) is 18.5. The second-order valence-electron chi connectivity index (χ2n) is 7.57. The van der Waals surface area contributed by atoms with E-state index in [1.807, 2.05) is 36.1 Å². The minimum atomic E-state index is -0.753. The fourth-order valence-electron chi connectivity index (χ4n) is 4.43. The molecule has 2 saturated heterocycles. The average Bonchev–Trinajstić information content (AvgIpc) is 3.15. The van der Waals surface area contributed by atoms with Crippen LogP contribution in [0.3, 0.4) is 0 Å². The molecule has 146 valence electrons. The van der Waals surface area contributed by atoms with E-state index in [9.17, 15) is 9.59 Å². The molecule has 0 aliphatic carbocycles. The third-order valence-corrected chi connectivity index (χ3v) is 5.89. The lowest BCUT2D eigenvalue weighted by Crippen LogP contribution is -2.61. The number of benzene rings is 1.